The van der Waals surface area contributed by atoms with Gasteiger partial charge in [0.25, 0.3) is 0 Å². The van der Waals surface area contributed by atoms with Gasteiger partial charge in [-0.2, -0.15) is 0 Å². The Hall–Kier alpha value is -2.12. The lowest BCUT2D eigenvalue weighted by atomic mass is 9.87. The molecule has 0 radical (unpaired) electrons. The predicted octanol–water partition coefficient (Wildman–Crippen LogP) is 0.289. The van der Waals surface area contributed by atoms with Crippen LogP contribution in [0, 0.1) is 17.8 Å². The fourth-order valence-electron chi connectivity index (χ4n) is 2.11. The van der Waals surface area contributed by atoms with E-state index in [2.05, 4.69) is 19.5 Å². The van der Waals surface area contributed by atoms with E-state index in [9.17, 15) is 19.2 Å². The third-order valence-corrected chi connectivity index (χ3v) is 3.33. The van der Waals surface area contributed by atoms with E-state index in [4.69, 9.17) is 0 Å². The van der Waals surface area contributed by atoms with Crippen molar-refractivity contribution in [2.24, 2.45) is 17.8 Å². The molecule has 8 heteroatoms. The monoisotopic (exact) mass is 331 g/mol. The fraction of sp³-hybridized carbons (Fsp3) is 0.733. The average molecular weight is 331 g/mol. The van der Waals surface area contributed by atoms with E-state index in [0.29, 0.717) is 0 Å². The Morgan fingerprint density at radius 2 is 1.26 bits per heavy atom. The van der Waals surface area contributed by atoms with Crippen LogP contribution >= 0.6 is 0 Å². The summed E-state index contributed by atoms with van der Waals surface area (Å²) in [6.45, 7) is 5.17. The molecule has 0 aromatic rings. The molecule has 0 bridgehead atoms. The maximum absolute atomic E-state index is 12.0. The highest BCUT2D eigenvalue weighted by molar-refractivity contribution is 5.96. The average Bonchev–Trinajstić information content (AvgIpc) is 2.50. The Balaban J connectivity index is 5.42. The van der Waals surface area contributed by atoms with Crippen LogP contribution in [0.5, 0.6) is 0 Å². The van der Waals surface area contributed by atoms with Gasteiger partial charge in [-0.05, 0) is 5.92 Å². The van der Waals surface area contributed by atoms with Crippen LogP contribution < -0.4 is 5.32 Å². The summed E-state index contributed by atoms with van der Waals surface area (Å²) < 4.78 is 13.8. The second-order valence-corrected chi connectivity index (χ2v) is 5.55. The maximum Gasteiger partial charge on any atom is 0.328 e. The Labute approximate surface area is 135 Å². The lowest BCUT2D eigenvalue weighted by Gasteiger charge is -2.27. The lowest BCUT2D eigenvalue weighted by molar-refractivity contribution is -0.163. The van der Waals surface area contributed by atoms with Crippen molar-refractivity contribution in [2.45, 2.75) is 33.2 Å². The van der Waals surface area contributed by atoms with E-state index >= 15 is 0 Å². The molecule has 0 rings (SSSR count). The molecule has 2 atom stereocenters. The van der Waals surface area contributed by atoms with Crippen molar-refractivity contribution < 1.29 is 33.4 Å². The number of ether oxygens (including phenoxy) is 3. The normalized spacial score (nSPS) is 13.2. The second kappa shape index (κ2) is 9.81. The Morgan fingerprint density at radius 1 is 0.826 bits per heavy atom. The minimum absolute atomic E-state index is 0.0839. The van der Waals surface area contributed by atoms with Crippen LogP contribution in [-0.2, 0) is 33.4 Å². The summed E-state index contributed by atoms with van der Waals surface area (Å²) in [6.07, 6.45) is 0.196. The summed E-state index contributed by atoms with van der Waals surface area (Å²) in [6, 6.07) is -1.17. The topological polar surface area (TPSA) is 108 Å². The van der Waals surface area contributed by atoms with Gasteiger partial charge in [0.15, 0.2) is 5.92 Å². The standard InChI is InChI=1S/C15H25NO7/c1-8(2)7-10(17)16-12(15(20)23-6)9(3)11(13(18)21-4)14(19)22-5/h8-9,11-12H,7H2,1-6H3,(H,16,17)/t9-,12+/m0/s1. The zero-order valence-corrected chi connectivity index (χ0v) is 14.4. The van der Waals surface area contributed by atoms with E-state index in [1.54, 1.807) is 0 Å². The first kappa shape index (κ1) is 20.9. The molecule has 0 heterocycles. The van der Waals surface area contributed by atoms with Crippen LogP contribution in [-0.4, -0.2) is 51.2 Å². The molecule has 0 aliphatic heterocycles. The molecule has 0 fully saturated rings. The van der Waals surface area contributed by atoms with Crippen LogP contribution in [0.3, 0.4) is 0 Å². The first-order valence-electron chi connectivity index (χ1n) is 7.22. The number of amides is 1. The molecule has 8 nitrogen and oxygen atoms in total. The summed E-state index contributed by atoms with van der Waals surface area (Å²) in [4.78, 5) is 47.6. The van der Waals surface area contributed by atoms with Gasteiger partial charge in [-0.3, -0.25) is 14.4 Å². The van der Waals surface area contributed by atoms with Gasteiger partial charge in [-0.15, -0.1) is 0 Å². The molecule has 0 aliphatic rings. The second-order valence-electron chi connectivity index (χ2n) is 5.55. The zero-order chi connectivity index (χ0) is 18.2. The van der Waals surface area contributed by atoms with Crippen molar-refractivity contribution >= 4 is 23.8 Å². The molecular weight excluding hydrogens is 306 g/mol. The zero-order valence-electron chi connectivity index (χ0n) is 14.4. The van der Waals surface area contributed by atoms with Crippen molar-refractivity contribution in [2.75, 3.05) is 21.3 Å². The van der Waals surface area contributed by atoms with Gasteiger partial charge in [0.05, 0.1) is 21.3 Å². The van der Waals surface area contributed by atoms with Crippen LogP contribution in [0.1, 0.15) is 27.2 Å². The number of nitrogens with one attached hydrogen (secondary N) is 1. The highest BCUT2D eigenvalue weighted by Crippen LogP contribution is 2.20. The summed E-state index contributed by atoms with van der Waals surface area (Å²) in [5.74, 6) is -5.01. The molecule has 1 amide bonds. The van der Waals surface area contributed by atoms with Crippen molar-refractivity contribution in [3.63, 3.8) is 0 Å². The van der Waals surface area contributed by atoms with Gasteiger partial charge in [0.1, 0.15) is 6.04 Å². The Bertz CT molecular complexity index is 431. The number of hydrogen-bond acceptors (Lipinski definition) is 7. The summed E-state index contributed by atoms with van der Waals surface area (Å²) in [7, 11) is 3.40. The maximum atomic E-state index is 12.0. The van der Waals surface area contributed by atoms with Crippen molar-refractivity contribution in [1.29, 1.82) is 0 Å². The molecule has 0 saturated carbocycles. The first-order valence-corrected chi connectivity index (χ1v) is 7.22. The molecule has 23 heavy (non-hydrogen) atoms. The van der Waals surface area contributed by atoms with Gasteiger partial charge < -0.3 is 19.5 Å². The van der Waals surface area contributed by atoms with E-state index < -0.39 is 35.8 Å². The van der Waals surface area contributed by atoms with E-state index in [1.165, 1.54) is 6.92 Å². The number of esters is 3. The van der Waals surface area contributed by atoms with Crippen molar-refractivity contribution in [1.82, 2.24) is 5.32 Å². The van der Waals surface area contributed by atoms with Gasteiger partial charge in [-0.25, -0.2) is 4.79 Å². The van der Waals surface area contributed by atoms with E-state index in [-0.39, 0.29) is 18.2 Å². The predicted molar refractivity (Wildman–Crippen MR) is 80.1 cm³/mol. The Kier molecular flexibility index (Phi) is 8.90. The lowest BCUT2D eigenvalue weighted by Crippen LogP contribution is -2.51. The van der Waals surface area contributed by atoms with E-state index in [1.807, 2.05) is 13.8 Å². The third-order valence-electron chi connectivity index (χ3n) is 3.33. The minimum atomic E-state index is -1.35. The molecule has 0 spiro atoms. The smallest absolute Gasteiger partial charge is 0.328 e. The molecule has 0 aromatic heterocycles. The molecule has 0 saturated heterocycles. The molecule has 0 aliphatic carbocycles. The van der Waals surface area contributed by atoms with Crippen molar-refractivity contribution in [3.8, 4) is 0 Å². The molecule has 132 valence electrons. The van der Waals surface area contributed by atoms with Gasteiger partial charge >= 0.3 is 17.9 Å². The Morgan fingerprint density at radius 3 is 1.61 bits per heavy atom. The summed E-state index contributed by atoms with van der Waals surface area (Å²) >= 11 is 0. The summed E-state index contributed by atoms with van der Waals surface area (Å²) in [5, 5.41) is 2.51. The summed E-state index contributed by atoms with van der Waals surface area (Å²) in [5.41, 5.74) is 0. The van der Waals surface area contributed by atoms with Crippen LogP contribution in [0.15, 0.2) is 0 Å². The number of methoxy groups -OCH3 is 3. The number of carbonyl (C=O) groups is 4. The van der Waals surface area contributed by atoms with Crippen LogP contribution in [0.2, 0.25) is 0 Å². The molecular formula is C15H25NO7. The molecule has 0 aromatic carbocycles. The van der Waals surface area contributed by atoms with E-state index in [0.717, 1.165) is 21.3 Å². The largest absolute Gasteiger partial charge is 0.468 e. The van der Waals surface area contributed by atoms with Crippen LogP contribution in [0.25, 0.3) is 0 Å². The molecule has 0 unspecified atom stereocenters. The van der Waals surface area contributed by atoms with Gasteiger partial charge in [0.2, 0.25) is 5.91 Å². The van der Waals surface area contributed by atoms with Gasteiger partial charge in [0, 0.05) is 12.3 Å². The SMILES string of the molecule is COC(=O)C(C(=O)OC)[C@H](C)[C@@H](NC(=O)CC(C)C)C(=O)OC. The quantitative estimate of drug-likeness (QED) is 0.387. The minimum Gasteiger partial charge on any atom is -0.468 e. The number of carbonyl (C=O) groups excluding carboxylic acids is 4. The number of rotatable bonds is 8. The first-order chi connectivity index (χ1) is 10.7. The highest BCUT2D eigenvalue weighted by Gasteiger charge is 2.42. The highest BCUT2D eigenvalue weighted by atomic mass is 16.5. The molecule has 1 N–H and O–H groups in total. The fourth-order valence-corrected chi connectivity index (χ4v) is 2.11. The van der Waals surface area contributed by atoms with Crippen LogP contribution in [0.4, 0.5) is 0 Å². The van der Waals surface area contributed by atoms with Crippen molar-refractivity contribution in [3.05, 3.63) is 0 Å². The van der Waals surface area contributed by atoms with Gasteiger partial charge in [-0.1, -0.05) is 20.8 Å². The third kappa shape index (κ3) is 6.25. The number of hydrogen-bond donors (Lipinski definition) is 1.